The van der Waals surface area contributed by atoms with Crippen LogP contribution in [0.2, 0.25) is 0 Å². The SMILES string of the molecule is CNCCCNC(=O)c1cc(C(C)C)nc2c1c(=O)[nH]c(=O)n2CC(C)C.Cl.Cl. The van der Waals surface area contributed by atoms with Crippen molar-refractivity contribution < 1.29 is 4.79 Å². The Morgan fingerprint density at radius 2 is 1.83 bits per heavy atom. The van der Waals surface area contributed by atoms with E-state index in [1.54, 1.807) is 6.07 Å². The Bertz CT molecular complexity index is 938. The molecule has 0 atom stereocenters. The smallest absolute Gasteiger partial charge is 0.330 e. The molecule has 0 fully saturated rings. The van der Waals surface area contributed by atoms with Crippen LogP contribution in [-0.2, 0) is 6.54 Å². The molecule has 2 aromatic rings. The van der Waals surface area contributed by atoms with E-state index in [2.05, 4.69) is 20.6 Å². The fourth-order valence-corrected chi connectivity index (χ4v) is 2.87. The van der Waals surface area contributed by atoms with Gasteiger partial charge >= 0.3 is 5.69 Å². The van der Waals surface area contributed by atoms with Gasteiger partial charge < -0.3 is 10.6 Å². The van der Waals surface area contributed by atoms with E-state index in [9.17, 15) is 14.4 Å². The van der Waals surface area contributed by atoms with Crippen molar-refractivity contribution in [2.75, 3.05) is 20.1 Å². The second kappa shape index (κ2) is 11.9. The number of aromatic nitrogens is 3. The Labute approximate surface area is 182 Å². The number of rotatable bonds is 8. The number of nitrogens with one attached hydrogen (secondary N) is 3. The molecular formula is C19H31Cl2N5O3. The molecule has 10 heteroatoms. The topological polar surface area (TPSA) is 109 Å². The van der Waals surface area contributed by atoms with Crippen LogP contribution in [-0.4, -0.2) is 40.6 Å². The number of carbonyl (C=O) groups is 1. The van der Waals surface area contributed by atoms with Gasteiger partial charge in [-0.25, -0.2) is 9.78 Å². The molecule has 0 aliphatic rings. The molecule has 0 aliphatic heterocycles. The number of nitrogens with zero attached hydrogens (tertiary/aromatic N) is 2. The van der Waals surface area contributed by atoms with Crippen molar-refractivity contribution in [1.29, 1.82) is 0 Å². The zero-order valence-corrected chi connectivity index (χ0v) is 19.1. The number of aromatic amines is 1. The van der Waals surface area contributed by atoms with Gasteiger partial charge in [-0.15, -0.1) is 24.8 Å². The minimum atomic E-state index is -0.585. The number of hydrogen-bond donors (Lipinski definition) is 3. The van der Waals surface area contributed by atoms with Gasteiger partial charge in [0, 0.05) is 18.8 Å². The first-order chi connectivity index (χ1) is 12.8. The largest absolute Gasteiger partial charge is 0.352 e. The van der Waals surface area contributed by atoms with Crippen LogP contribution in [0.5, 0.6) is 0 Å². The molecule has 0 saturated heterocycles. The summed E-state index contributed by atoms with van der Waals surface area (Å²) in [7, 11) is 1.85. The standard InChI is InChI=1S/C19H29N5O3.2ClH/c1-11(2)10-24-16-15(18(26)23-19(24)27)13(9-14(22-16)12(3)4)17(25)21-8-6-7-20-5;;/h9,11-12,20H,6-8,10H2,1-5H3,(H,21,25)(H,23,26,27);2*1H. The Balaban J connectivity index is 0.00000392. The third kappa shape index (κ3) is 6.55. The first-order valence-electron chi connectivity index (χ1n) is 9.36. The maximum Gasteiger partial charge on any atom is 0.330 e. The Morgan fingerprint density at radius 1 is 1.17 bits per heavy atom. The molecule has 2 aromatic heterocycles. The second-order valence-electron chi connectivity index (χ2n) is 7.42. The molecule has 0 spiro atoms. The predicted octanol–water partition coefficient (Wildman–Crippen LogP) is 2.05. The first-order valence-corrected chi connectivity index (χ1v) is 9.36. The minimum absolute atomic E-state index is 0. The first kappa shape index (κ1) is 27.1. The lowest BCUT2D eigenvalue weighted by Crippen LogP contribution is -2.34. The summed E-state index contributed by atoms with van der Waals surface area (Å²) in [6.07, 6.45) is 0.775. The third-order valence-electron chi connectivity index (χ3n) is 4.24. The summed E-state index contributed by atoms with van der Waals surface area (Å²) in [4.78, 5) is 44.5. The van der Waals surface area contributed by atoms with E-state index in [-0.39, 0.29) is 59.2 Å². The summed E-state index contributed by atoms with van der Waals surface area (Å²) >= 11 is 0. The lowest BCUT2D eigenvalue weighted by molar-refractivity contribution is 0.0954. The van der Waals surface area contributed by atoms with Crippen LogP contribution in [0.3, 0.4) is 0 Å². The average molecular weight is 448 g/mol. The molecular weight excluding hydrogens is 417 g/mol. The van der Waals surface area contributed by atoms with Gasteiger partial charge in [0.25, 0.3) is 11.5 Å². The summed E-state index contributed by atoms with van der Waals surface area (Å²) < 4.78 is 1.45. The van der Waals surface area contributed by atoms with Crippen LogP contribution in [0.25, 0.3) is 11.0 Å². The van der Waals surface area contributed by atoms with Crippen LogP contribution in [0.4, 0.5) is 0 Å². The van der Waals surface area contributed by atoms with Gasteiger partial charge in [-0.05, 0) is 37.9 Å². The molecule has 0 bridgehead atoms. The van der Waals surface area contributed by atoms with Gasteiger partial charge in [0.15, 0.2) is 5.65 Å². The van der Waals surface area contributed by atoms with E-state index in [0.29, 0.717) is 18.8 Å². The van der Waals surface area contributed by atoms with Crippen LogP contribution >= 0.6 is 24.8 Å². The van der Waals surface area contributed by atoms with Gasteiger partial charge in [0.05, 0.1) is 10.9 Å². The molecule has 29 heavy (non-hydrogen) atoms. The van der Waals surface area contributed by atoms with E-state index >= 15 is 0 Å². The molecule has 8 nitrogen and oxygen atoms in total. The number of amides is 1. The maximum absolute atomic E-state index is 12.8. The van der Waals surface area contributed by atoms with Gasteiger partial charge in [-0.2, -0.15) is 0 Å². The molecule has 0 radical (unpaired) electrons. The normalized spacial score (nSPS) is 10.7. The second-order valence-corrected chi connectivity index (χ2v) is 7.42. The lowest BCUT2D eigenvalue weighted by atomic mass is 10.0. The third-order valence-corrected chi connectivity index (χ3v) is 4.24. The Morgan fingerprint density at radius 3 is 2.38 bits per heavy atom. The summed E-state index contributed by atoms with van der Waals surface area (Å²) in [5.41, 5.74) is 0.106. The zero-order valence-electron chi connectivity index (χ0n) is 17.5. The van der Waals surface area contributed by atoms with Crippen molar-refractivity contribution in [2.45, 2.75) is 46.6 Å². The molecule has 0 aromatic carbocycles. The van der Waals surface area contributed by atoms with Gasteiger partial charge in [0.2, 0.25) is 0 Å². The minimum Gasteiger partial charge on any atom is -0.352 e. The quantitative estimate of drug-likeness (QED) is 0.536. The summed E-state index contributed by atoms with van der Waals surface area (Å²) in [5, 5.41) is 6.03. The lowest BCUT2D eigenvalue weighted by Gasteiger charge is -2.16. The van der Waals surface area contributed by atoms with Crippen molar-refractivity contribution in [3.05, 3.63) is 38.2 Å². The predicted molar refractivity (Wildman–Crippen MR) is 121 cm³/mol. The van der Waals surface area contributed by atoms with Gasteiger partial charge in [0.1, 0.15) is 0 Å². The summed E-state index contributed by atoms with van der Waals surface area (Å²) in [6, 6.07) is 1.65. The van der Waals surface area contributed by atoms with Crippen LogP contribution in [0.1, 0.15) is 56.1 Å². The van der Waals surface area contributed by atoms with Gasteiger partial charge in [-0.3, -0.25) is 19.1 Å². The fraction of sp³-hybridized carbons (Fsp3) is 0.579. The molecule has 1 amide bonds. The molecule has 2 heterocycles. The number of H-pyrrole nitrogens is 1. The van der Waals surface area contributed by atoms with Crippen molar-refractivity contribution in [2.24, 2.45) is 5.92 Å². The van der Waals surface area contributed by atoms with E-state index in [0.717, 1.165) is 13.0 Å². The highest BCUT2D eigenvalue weighted by atomic mass is 35.5. The van der Waals surface area contributed by atoms with Crippen LogP contribution in [0, 0.1) is 5.92 Å². The average Bonchev–Trinajstić information content (AvgIpc) is 2.60. The van der Waals surface area contributed by atoms with Crippen molar-refractivity contribution in [3.8, 4) is 0 Å². The number of hydrogen-bond acceptors (Lipinski definition) is 5. The number of pyridine rings is 1. The van der Waals surface area contributed by atoms with Crippen molar-refractivity contribution in [3.63, 3.8) is 0 Å². The summed E-state index contributed by atoms with van der Waals surface area (Å²) in [6.45, 7) is 9.55. The maximum atomic E-state index is 12.8. The number of carbonyl (C=O) groups excluding carboxylic acids is 1. The fourth-order valence-electron chi connectivity index (χ4n) is 2.87. The highest BCUT2D eigenvalue weighted by molar-refractivity contribution is 6.05. The molecule has 2 rings (SSSR count). The molecule has 0 aliphatic carbocycles. The monoisotopic (exact) mass is 447 g/mol. The number of fused-ring (bicyclic) bond motifs is 1. The molecule has 164 valence electrons. The highest BCUT2D eigenvalue weighted by Crippen LogP contribution is 2.20. The van der Waals surface area contributed by atoms with E-state index < -0.39 is 11.2 Å². The Hall–Kier alpha value is -1.90. The van der Waals surface area contributed by atoms with Crippen molar-refractivity contribution >= 4 is 41.8 Å². The Kier molecular flexibility index (Phi) is 11.2. The molecule has 0 saturated carbocycles. The van der Waals surface area contributed by atoms with E-state index in [4.69, 9.17) is 0 Å². The summed E-state index contributed by atoms with van der Waals surface area (Å²) in [5.74, 6) is -0.104. The zero-order chi connectivity index (χ0) is 20.1. The van der Waals surface area contributed by atoms with Gasteiger partial charge in [-0.1, -0.05) is 27.7 Å². The van der Waals surface area contributed by atoms with Crippen molar-refractivity contribution in [1.82, 2.24) is 25.2 Å². The molecule has 3 N–H and O–H groups in total. The number of halogens is 2. The molecule has 0 unspecified atom stereocenters. The van der Waals surface area contributed by atoms with E-state index in [1.165, 1.54) is 4.57 Å². The highest BCUT2D eigenvalue weighted by Gasteiger charge is 2.20. The van der Waals surface area contributed by atoms with Crippen LogP contribution in [0.15, 0.2) is 15.7 Å². The van der Waals surface area contributed by atoms with E-state index in [1.807, 2.05) is 34.7 Å². The van der Waals surface area contributed by atoms with Crippen LogP contribution < -0.4 is 21.9 Å².